The molecule has 14 heavy (non-hydrogen) atoms. The van der Waals surface area contributed by atoms with Crippen molar-refractivity contribution in [1.82, 2.24) is 0 Å². The summed E-state index contributed by atoms with van der Waals surface area (Å²) in [6.45, 7) is 12.0. The predicted octanol–water partition coefficient (Wildman–Crippen LogP) is 3.90. The van der Waals surface area contributed by atoms with E-state index in [9.17, 15) is 4.79 Å². The summed E-state index contributed by atoms with van der Waals surface area (Å²) in [7, 11) is 0. The maximum Gasteiger partial charge on any atom is 0.132 e. The number of hydrogen-bond acceptors (Lipinski definition) is 1. The van der Waals surface area contributed by atoms with E-state index in [-0.39, 0.29) is 0 Å². The lowest BCUT2D eigenvalue weighted by Crippen LogP contribution is -1.99. The number of carbonyl (C=O) groups is 1. The zero-order valence-corrected chi connectivity index (χ0v) is 9.35. The Hall–Kier alpha value is -0.850. The van der Waals surface area contributed by atoms with Crippen LogP contribution < -0.4 is 0 Å². The third-order valence-electron chi connectivity index (χ3n) is 2.54. The monoisotopic (exact) mass is 194 g/mol. The molecule has 0 saturated heterocycles. The minimum atomic E-state index is 0.458. The van der Waals surface area contributed by atoms with E-state index in [0.29, 0.717) is 5.78 Å². The third kappa shape index (κ3) is 5.74. The number of ketones is 1. The fourth-order valence-electron chi connectivity index (χ4n) is 1.92. The minimum absolute atomic E-state index is 0.458. The van der Waals surface area contributed by atoms with E-state index in [0.717, 1.165) is 38.0 Å². The molecule has 0 spiro atoms. The van der Waals surface area contributed by atoms with Gasteiger partial charge in [-0.1, -0.05) is 5.57 Å². The summed E-state index contributed by atoms with van der Waals surface area (Å²) < 4.78 is 0. The van der Waals surface area contributed by atoms with E-state index in [1.807, 2.05) is 0 Å². The van der Waals surface area contributed by atoms with E-state index in [1.54, 1.807) is 0 Å². The Morgan fingerprint density at radius 2 is 2.00 bits per heavy atom. The second-order valence-electron chi connectivity index (χ2n) is 4.00. The summed E-state index contributed by atoms with van der Waals surface area (Å²) in [5.41, 5.74) is 1.26. The largest absolute Gasteiger partial charge is 0.300 e. The lowest BCUT2D eigenvalue weighted by molar-refractivity contribution is -0.118. The molecule has 0 bridgehead atoms. The molecule has 1 heteroatoms. The Kier molecular flexibility index (Phi) is 7.09. The molecule has 0 aromatic carbocycles. The molecule has 0 N–H and O–H groups in total. The molecular weight excluding hydrogens is 172 g/mol. The van der Waals surface area contributed by atoms with Crippen molar-refractivity contribution in [1.29, 1.82) is 0 Å². The van der Waals surface area contributed by atoms with E-state index in [1.165, 1.54) is 12.0 Å². The second-order valence-corrected chi connectivity index (χ2v) is 4.00. The summed E-state index contributed by atoms with van der Waals surface area (Å²) in [5, 5.41) is 0. The van der Waals surface area contributed by atoms with Crippen LogP contribution >= 0.6 is 0 Å². The van der Waals surface area contributed by atoms with Crippen LogP contribution in [0.4, 0.5) is 0 Å². The Bertz CT molecular complexity index is 193. The van der Waals surface area contributed by atoms with Crippen molar-refractivity contribution in [3.05, 3.63) is 25.3 Å². The number of carbonyl (C=O) groups excluding carboxylic acids is 1. The Labute approximate surface area is 87.9 Å². The molecule has 0 radical (unpaired) electrons. The summed E-state index contributed by atoms with van der Waals surface area (Å²) in [4.78, 5) is 11.1. The van der Waals surface area contributed by atoms with Gasteiger partial charge in [-0.05, 0) is 38.5 Å². The maximum atomic E-state index is 11.1. The van der Waals surface area contributed by atoms with Gasteiger partial charge in [0.25, 0.3) is 0 Å². The van der Waals surface area contributed by atoms with E-state index < -0.39 is 0 Å². The maximum absolute atomic E-state index is 11.1. The molecule has 1 rings (SSSR count). The van der Waals surface area contributed by atoms with Crippen LogP contribution in [0, 0.1) is 5.92 Å². The van der Waals surface area contributed by atoms with Crippen molar-refractivity contribution >= 4 is 5.78 Å². The first kappa shape index (κ1) is 13.2. The summed E-state index contributed by atoms with van der Waals surface area (Å²) in [6, 6.07) is 0. The van der Waals surface area contributed by atoms with Crippen molar-refractivity contribution in [3.8, 4) is 0 Å². The van der Waals surface area contributed by atoms with Gasteiger partial charge in [0.05, 0.1) is 0 Å². The third-order valence-corrected chi connectivity index (χ3v) is 2.54. The van der Waals surface area contributed by atoms with Crippen molar-refractivity contribution in [3.63, 3.8) is 0 Å². The van der Waals surface area contributed by atoms with Crippen molar-refractivity contribution in [2.45, 2.75) is 45.4 Å². The first-order chi connectivity index (χ1) is 6.68. The van der Waals surface area contributed by atoms with Crippen LogP contribution in [0.25, 0.3) is 0 Å². The van der Waals surface area contributed by atoms with Gasteiger partial charge in [-0.15, -0.1) is 19.7 Å². The van der Waals surface area contributed by atoms with Gasteiger partial charge < -0.3 is 0 Å². The molecule has 1 aliphatic carbocycles. The van der Waals surface area contributed by atoms with E-state index in [2.05, 4.69) is 26.7 Å². The van der Waals surface area contributed by atoms with Gasteiger partial charge in [-0.2, -0.15) is 0 Å². The molecule has 0 aliphatic heterocycles. The molecule has 1 aliphatic rings. The zero-order valence-electron chi connectivity index (χ0n) is 9.35. The van der Waals surface area contributed by atoms with Gasteiger partial charge in [0, 0.05) is 12.8 Å². The van der Waals surface area contributed by atoms with Crippen LogP contribution in [0.15, 0.2) is 25.3 Å². The first-order valence-corrected chi connectivity index (χ1v) is 5.34. The van der Waals surface area contributed by atoms with Crippen molar-refractivity contribution in [2.24, 2.45) is 5.92 Å². The average molecular weight is 194 g/mol. The van der Waals surface area contributed by atoms with Crippen LogP contribution in [0.1, 0.15) is 45.4 Å². The zero-order chi connectivity index (χ0) is 11.0. The summed E-state index contributed by atoms with van der Waals surface area (Å²) in [6.07, 6.45) is 6.14. The van der Waals surface area contributed by atoms with Gasteiger partial charge in [0.1, 0.15) is 5.78 Å². The van der Waals surface area contributed by atoms with Gasteiger partial charge in [-0.3, -0.25) is 4.79 Å². The fraction of sp³-hybridized carbons (Fsp3) is 0.615. The number of Topliss-reactive ketones (excluding diaryl/α,β-unsaturated/α-hetero) is 1. The summed E-state index contributed by atoms with van der Waals surface area (Å²) in [5.74, 6) is 1.19. The SMILES string of the molecule is C=C.C=C(C)CC1CCCC(=O)CC1. The van der Waals surface area contributed by atoms with Crippen LogP contribution in [-0.4, -0.2) is 5.78 Å². The van der Waals surface area contributed by atoms with Gasteiger partial charge in [0.2, 0.25) is 0 Å². The predicted molar refractivity (Wildman–Crippen MR) is 62.3 cm³/mol. The Balaban J connectivity index is 0.000000791. The smallest absolute Gasteiger partial charge is 0.132 e. The molecule has 1 fully saturated rings. The Morgan fingerprint density at radius 3 is 2.57 bits per heavy atom. The highest BCUT2D eigenvalue weighted by Crippen LogP contribution is 2.25. The topological polar surface area (TPSA) is 17.1 Å². The highest BCUT2D eigenvalue weighted by Gasteiger charge is 2.15. The highest BCUT2D eigenvalue weighted by atomic mass is 16.1. The fourth-order valence-corrected chi connectivity index (χ4v) is 1.92. The van der Waals surface area contributed by atoms with Crippen LogP contribution in [0.3, 0.4) is 0 Å². The van der Waals surface area contributed by atoms with Gasteiger partial charge in [0.15, 0.2) is 0 Å². The molecule has 80 valence electrons. The van der Waals surface area contributed by atoms with E-state index in [4.69, 9.17) is 0 Å². The van der Waals surface area contributed by atoms with Crippen LogP contribution in [0.2, 0.25) is 0 Å². The molecule has 1 saturated carbocycles. The van der Waals surface area contributed by atoms with Crippen molar-refractivity contribution < 1.29 is 4.79 Å². The standard InChI is InChI=1S/C11H18O.C2H4/c1-9(2)8-10-4-3-5-11(12)7-6-10;1-2/h10H,1,3-8H2,2H3;1-2H2. The molecule has 1 nitrogen and oxygen atoms in total. The minimum Gasteiger partial charge on any atom is -0.300 e. The Morgan fingerprint density at radius 1 is 1.36 bits per heavy atom. The quantitative estimate of drug-likeness (QED) is 0.481. The normalized spacial score (nSPS) is 21.8. The lowest BCUT2D eigenvalue weighted by Gasteiger charge is -2.12. The first-order valence-electron chi connectivity index (χ1n) is 5.34. The molecule has 0 amide bonds. The van der Waals surface area contributed by atoms with Gasteiger partial charge >= 0.3 is 0 Å². The lowest BCUT2D eigenvalue weighted by atomic mass is 9.94. The molecular formula is C13H22O. The number of hydrogen-bond donors (Lipinski definition) is 0. The number of rotatable bonds is 2. The number of allylic oxidation sites excluding steroid dienone is 1. The molecule has 1 unspecified atom stereocenters. The van der Waals surface area contributed by atoms with E-state index >= 15 is 0 Å². The average Bonchev–Trinajstić information content (AvgIpc) is 2.34. The molecule has 1 atom stereocenters. The molecule has 0 aromatic heterocycles. The van der Waals surface area contributed by atoms with Crippen molar-refractivity contribution in [2.75, 3.05) is 0 Å². The highest BCUT2D eigenvalue weighted by molar-refractivity contribution is 5.78. The summed E-state index contributed by atoms with van der Waals surface area (Å²) >= 11 is 0. The molecule has 0 heterocycles. The van der Waals surface area contributed by atoms with Crippen LogP contribution in [0.5, 0.6) is 0 Å². The second kappa shape index (κ2) is 7.54. The van der Waals surface area contributed by atoms with Gasteiger partial charge in [-0.25, -0.2) is 0 Å². The molecule has 0 aromatic rings. The van der Waals surface area contributed by atoms with Crippen LogP contribution in [-0.2, 0) is 4.79 Å².